The number of aryl methyl sites for hydroxylation is 1. The minimum absolute atomic E-state index is 0.0814. The van der Waals surface area contributed by atoms with Gasteiger partial charge in [-0.1, -0.05) is 39.0 Å². The normalized spacial score (nSPS) is 11.0. The van der Waals surface area contributed by atoms with Gasteiger partial charge in [0.15, 0.2) is 0 Å². The molecule has 0 aliphatic rings. The van der Waals surface area contributed by atoms with Crippen LogP contribution in [0.2, 0.25) is 0 Å². The van der Waals surface area contributed by atoms with E-state index in [9.17, 15) is 4.79 Å². The second kappa shape index (κ2) is 7.25. The van der Waals surface area contributed by atoms with Crippen LogP contribution in [0.15, 0.2) is 43.0 Å². The molecule has 1 aromatic carbocycles. The predicted molar refractivity (Wildman–Crippen MR) is 98.6 cm³/mol. The molecule has 1 heterocycles. The maximum atomic E-state index is 12.4. The van der Waals surface area contributed by atoms with Crippen LogP contribution in [0, 0.1) is 6.92 Å². The van der Waals surface area contributed by atoms with Crippen molar-refractivity contribution in [3.63, 3.8) is 0 Å². The molecule has 2 rings (SSSR count). The molecule has 5 nitrogen and oxygen atoms in total. The highest BCUT2D eigenvalue weighted by molar-refractivity contribution is 6.03. The van der Waals surface area contributed by atoms with Gasteiger partial charge in [-0.3, -0.25) is 4.79 Å². The number of anilines is 2. The summed E-state index contributed by atoms with van der Waals surface area (Å²) in [5.74, 6) is 0.161. The van der Waals surface area contributed by atoms with Gasteiger partial charge in [0.05, 0.1) is 0 Å². The summed E-state index contributed by atoms with van der Waals surface area (Å²) in [6.45, 7) is 12.5. The monoisotopic (exact) mass is 324 g/mol. The van der Waals surface area contributed by atoms with Gasteiger partial charge >= 0.3 is 0 Å². The largest absolute Gasteiger partial charge is 0.351 e. The average Bonchev–Trinajstić information content (AvgIpc) is 2.52. The highest BCUT2D eigenvalue weighted by Crippen LogP contribution is 2.23. The smallest absolute Gasteiger partial charge is 0.274 e. The first-order valence-electron chi connectivity index (χ1n) is 7.92. The lowest BCUT2D eigenvalue weighted by Crippen LogP contribution is -2.16. The number of nitrogens with one attached hydrogen (secondary N) is 2. The SMILES string of the molecule is C=CCNc1nc(C)cc(C(=O)Nc2ccc(C(C)(C)C)cc2)n1. The maximum Gasteiger partial charge on any atom is 0.274 e. The van der Waals surface area contributed by atoms with E-state index in [4.69, 9.17) is 0 Å². The van der Waals surface area contributed by atoms with Gasteiger partial charge in [0.1, 0.15) is 5.69 Å². The number of hydrogen-bond donors (Lipinski definition) is 2. The van der Waals surface area contributed by atoms with E-state index in [0.717, 1.165) is 11.4 Å². The summed E-state index contributed by atoms with van der Waals surface area (Å²) in [6.07, 6.45) is 1.71. The zero-order chi connectivity index (χ0) is 17.7. The third-order valence-corrected chi connectivity index (χ3v) is 3.50. The molecule has 0 saturated heterocycles. The number of rotatable bonds is 5. The summed E-state index contributed by atoms with van der Waals surface area (Å²) < 4.78 is 0. The van der Waals surface area contributed by atoms with Crippen LogP contribution in [0.3, 0.4) is 0 Å². The number of nitrogens with zero attached hydrogens (tertiary/aromatic N) is 2. The molecular formula is C19H24N4O. The molecule has 1 amide bonds. The minimum Gasteiger partial charge on any atom is -0.351 e. The number of benzene rings is 1. The minimum atomic E-state index is -0.259. The molecule has 1 aromatic heterocycles. The molecule has 0 aliphatic heterocycles. The average molecular weight is 324 g/mol. The Kier molecular flexibility index (Phi) is 5.34. The summed E-state index contributed by atoms with van der Waals surface area (Å²) in [7, 11) is 0. The van der Waals surface area contributed by atoms with Crippen LogP contribution in [0.5, 0.6) is 0 Å². The van der Waals surface area contributed by atoms with E-state index in [0.29, 0.717) is 18.2 Å². The first-order valence-corrected chi connectivity index (χ1v) is 7.92. The molecule has 0 radical (unpaired) electrons. The van der Waals surface area contributed by atoms with Crippen LogP contribution in [0.4, 0.5) is 11.6 Å². The van der Waals surface area contributed by atoms with Crippen LogP contribution < -0.4 is 10.6 Å². The first-order chi connectivity index (χ1) is 11.3. The van der Waals surface area contributed by atoms with Crippen molar-refractivity contribution in [2.45, 2.75) is 33.1 Å². The Bertz CT molecular complexity index is 730. The van der Waals surface area contributed by atoms with Gasteiger partial charge in [-0.15, -0.1) is 6.58 Å². The zero-order valence-corrected chi connectivity index (χ0v) is 14.7. The molecule has 0 fully saturated rings. The Hall–Kier alpha value is -2.69. The molecular weight excluding hydrogens is 300 g/mol. The number of amides is 1. The van der Waals surface area contributed by atoms with Crippen molar-refractivity contribution in [2.24, 2.45) is 0 Å². The van der Waals surface area contributed by atoms with E-state index in [-0.39, 0.29) is 11.3 Å². The van der Waals surface area contributed by atoms with E-state index in [1.54, 1.807) is 12.1 Å². The molecule has 0 saturated carbocycles. The second-order valence-electron chi connectivity index (χ2n) is 6.67. The van der Waals surface area contributed by atoms with Crippen molar-refractivity contribution in [1.82, 2.24) is 9.97 Å². The second-order valence-corrected chi connectivity index (χ2v) is 6.67. The Balaban J connectivity index is 2.14. The van der Waals surface area contributed by atoms with Gasteiger partial charge in [0.2, 0.25) is 5.95 Å². The molecule has 0 bridgehead atoms. The predicted octanol–water partition coefficient (Wildman–Crippen LogP) is 3.93. The van der Waals surface area contributed by atoms with Gasteiger partial charge in [-0.05, 0) is 36.1 Å². The summed E-state index contributed by atoms with van der Waals surface area (Å²) >= 11 is 0. The van der Waals surface area contributed by atoms with Gasteiger partial charge in [0.25, 0.3) is 5.91 Å². The van der Waals surface area contributed by atoms with Gasteiger partial charge < -0.3 is 10.6 Å². The highest BCUT2D eigenvalue weighted by Gasteiger charge is 2.14. The van der Waals surface area contributed by atoms with E-state index in [1.165, 1.54) is 5.56 Å². The molecule has 5 heteroatoms. The van der Waals surface area contributed by atoms with Gasteiger partial charge in [0, 0.05) is 17.9 Å². The number of aromatic nitrogens is 2. The molecule has 2 N–H and O–H groups in total. The van der Waals surface area contributed by atoms with Crippen molar-refractivity contribution in [2.75, 3.05) is 17.2 Å². The first kappa shape index (κ1) is 17.7. The number of carbonyl (C=O) groups is 1. The molecule has 2 aromatic rings. The molecule has 0 spiro atoms. The van der Waals surface area contributed by atoms with Crippen molar-refractivity contribution < 1.29 is 4.79 Å². The van der Waals surface area contributed by atoms with Crippen molar-refractivity contribution in [3.05, 3.63) is 59.9 Å². The van der Waals surface area contributed by atoms with Gasteiger partial charge in [-0.25, -0.2) is 9.97 Å². The number of carbonyl (C=O) groups excluding carboxylic acids is 1. The van der Waals surface area contributed by atoms with E-state index in [2.05, 4.69) is 48.0 Å². The fourth-order valence-electron chi connectivity index (χ4n) is 2.18. The topological polar surface area (TPSA) is 66.9 Å². The lowest BCUT2D eigenvalue weighted by Gasteiger charge is -2.19. The van der Waals surface area contributed by atoms with Crippen molar-refractivity contribution in [1.29, 1.82) is 0 Å². The van der Waals surface area contributed by atoms with Gasteiger partial charge in [-0.2, -0.15) is 0 Å². The van der Waals surface area contributed by atoms with Crippen molar-refractivity contribution in [3.8, 4) is 0 Å². The van der Waals surface area contributed by atoms with Crippen LogP contribution in [-0.2, 0) is 5.41 Å². The van der Waals surface area contributed by atoms with Crippen molar-refractivity contribution >= 4 is 17.5 Å². The maximum absolute atomic E-state index is 12.4. The molecule has 24 heavy (non-hydrogen) atoms. The fourth-order valence-corrected chi connectivity index (χ4v) is 2.18. The Morgan fingerprint density at radius 2 is 1.88 bits per heavy atom. The Morgan fingerprint density at radius 3 is 2.46 bits per heavy atom. The lowest BCUT2D eigenvalue weighted by atomic mass is 9.87. The lowest BCUT2D eigenvalue weighted by molar-refractivity contribution is 0.102. The summed E-state index contributed by atoms with van der Waals surface area (Å²) in [5.41, 5.74) is 3.09. The third kappa shape index (κ3) is 4.65. The quantitative estimate of drug-likeness (QED) is 0.818. The highest BCUT2D eigenvalue weighted by atomic mass is 16.1. The zero-order valence-electron chi connectivity index (χ0n) is 14.7. The van der Waals surface area contributed by atoms with E-state index >= 15 is 0 Å². The van der Waals surface area contributed by atoms with E-state index < -0.39 is 0 Å². The van der Waals surface area contributed by atoms with E-state index in [1.807, 2.05) is 31.2 Å². The third-order valence-electron chi connectivity index (χ3n) is 3.50. The Morgan fingerprint density at radius 1 is 1.21 bits per heavy atom. The van der Waals surface area contributed by atoms with Crippen LogP contribution in [0.1, 0.15) is 42.5 Å². The molecule has 0 atom stereocenters. The molecule has 0 aliphatic carbocycles. The van der Waals surface area contributed by atoms with Crippen LogP contribution in [0.25, 0.3) is 0 Å². The standard InChI is InChI=1S/C19H24N4O/c1-6-11-20-18-21-13(2)12-16(23-18)17(24)22-15-9-7-14(8-10-15)19(3,4)5/h6-10,12H,1,11H2,2-5H3,(H,22,24)(H,20,21,23). The summed E-state index contributed by atoms with van der Waals surface area (Å²) in [5, 5.41) is 5.87. The number of hydrogen-bond acceptors (Lipinski definition) is 4. The summed E-state index contributed by atoms with van der Waals surface area (Å²) in [6, 6.07) is 9.53. The molecule has 0 unspecified atom stereocenters. The van der Waals surface area contributed by atoms with Crippen LogP contribution in [-0.4, -0.2) is 22.4 Å². The Labute approximate surface area is 143 Å². The fraction of sp³-hybridized carbons (Fsp3) is 0.316. The molecule has 126 valence electrons. The van der Waals surface area contributed by atoms with Crippen LogP contribution >= 0.6 is 0 Å². The summed E-state index contributed by atoms with van der Waals surface area (Å²) in [4.78, 5) is 20.9.